The van der Waals surface area contributed by atoms with Crippen LogP contribution in [0.1, 0.15) is 24.9 Å². The molecule has 0 aliphatic carbocycles. The molecule has 2 heterocycles. The van der Waals surface area contributed by atoms with Crippen LogP contribution in [0.5, 0.6) is 0 Å². The molecular weight excluding hydrogens is 214 g/mol. The van der Waals surface area contributed by atoms with Crippen molar-refractivity contribution in [3.63, 3.8) is 0 Å². The van der Waals surface area contributed by atoms with Crippen LogP contribution in [0, 0.1) is 6.92 Å². The van der Waals surface area contributed by atoms with Crippen molar-refractivity contribution in [1.29, 1.82) is 0 Å². The largest absolute Gasteiger partial charge is 0.376 e. The van der Waals surface area contributed by atoms with Crippen molar-refractivity contribution in [3.8, 4) is 0 Å². The molecule has 0 spiro atoms. The van der Waals surface area contributed by atoms with Gasteiger partial charge in [0.2, 0.25) is 5.95 Å². The molecule has 0 radical (unpaired) electrons. The summed E-state index contributed by atoms with van der Waals surface area (Å²) < 4.78 is 7.74. The van der Waals surface area contributed by atoms with E-state index >= 15 is 0 Å². The van der Waals surface area contributed by atoms with Gasteiger partial charge in [-0.1, -0.05) is 6.07 Å². The number of ether oxygens (including phenoxy) is 1. The van der Waals surface area contributed by atoms with Gasteiger partial charge < -0.3 is 15.0 Å². The zero-order valence-corrected chi connectivity index (χ0v) is 10.2. The fourth-order valence-corrected chi connectivity index (χ4v) is 2.63. The summed E-state index contributed by atoms with van der Waals surface area (Å²) in [5, 5.41) is 0. The number of fused-ring (bicyclic) bond motifs is 1. The quantitative estimate of drug-likeness (QED) is 0.819. The number of nitrogen functional groups attached to an aromatic ring is 1. The van der Waals surface area contributed by atoms with E-state index in [9.17, 15) is 0 Å². The van der Waals surface area contributed by atoms with Crippen LogP contribution in [0.4, 0.5) is 5.95 Å². The molecule has 0 saturated carbocycles. The molecule has 1 fully saturated rings. The van der Waals surface area contributed by atoms with Gasteiger partial charge in [0.15, 0.2) is 0 Å². The van der Waals surface area contributed by atoms with E-state index in [2.05, 4.69) is 35.5 Å². The Bertz CT molecular complexity index is 561. The van der Waals surface area contributed by atoms with Gasteiger partial charge >= 0.3 is 0 Å². The molecule has 1 aliphatic heterocycles. The number of aromatic nitrogens is 2. The van der Waals surface area contributed by atoms with Gasteiger partial charge in [-0.2, -0.15) is 0 Å². The molecule has 4 nitrogen and oxygen atoms in total. The standard InChI is InChI=1S/C13H17N3O/c1-8-3-4-10-12(7-8)16(13(14)15-10)11-5-6-17-9(11)2/h3-4,7,9,11H,5-6H2,1-2H3,(H2,14,15). The number of nitrogens with zero attached hydrogens (tertiary/aromatic N) is 2. The number of anilines is 1. The third kappa shape index (κ3) is 1.60. The van der Waals surface area contributed by atoms with Crippen LogP contribution in [0.2, 0.25) is 0 Å². The third-order valence-electron chi connectivity index (χ3n) is 3.54. The number of benzene rings is 1. The predicted molar refractivity (Wildman–Crippen MR) is 68.0 cm³/mol. The van der Waals surface area contributed by atoms with E-state index in [1.807, 2.05) is 6.07 Å². The molecule has 2 aromatic rings. The van der Waals surface area contributed by atoms with Crippen molar-refractivity contribution in [1.82, 2.24) is 9.55 Å². The number of nitrogens with two attached hydrogens (primary N) is 1. The second-order valence-corrected chi connectivity index (χ2v) is 4.76. The fourth-order valence-electron chi connectivity index (χ4n) is 2.63. The zero-order chi connectivity index (χ0) is 12.0. The van der Waals surface area contributed by atoms with Gasteiger partial charge in [-0.15, -0.1) is 0 Å². The molecule has 1 aromatic carbocycles. The lowest BCUT2D eigenvalue weighted by Crippen LogP contribution is -2.18. The summed E-state index contributed by atoms with van der Waals surface area (Å²) in [4.78, 5) is 4.42. The smallest absolute Gasteiger partial charge is 0.201 e. The van der Waals surface area contributed by atoms with E-state index in [4.69, 9.17) is 10.5 Å². The topological polar surface area (TPSA) is 53.1 Å². The highest BCUT2D eigenvalue weighted by molar-refractivity contribution is 5.79. The van der Waals surface area contributed by atoms with Crippen LogP contribution in [-0.2, 0) is 4.74 Å². The Hall–Kier alpha value is -1.55. The van der Waals surface area contributed by atoms with E-state index in [0.717, 1.165) is 24.1 Å². The highest BCUT2D eigenvalue weighted by atomic mass is 16.5. The number of hydrogen-bond acceptors (Lipinski definition) is 3. The van der Waals surface area contributed by atoms with Crippen LogP contribution in [-0.4, -0.2) is 22.3 Å². The first-order valence-corrected chi connectivity index (χ1v) is 6.02. The molecule has 2 unspecified atom stereocenters. The van der Waals surface area contributed by atoms with Gasteiger partial charge in [0.1, 0.15) is 0 Å². The lowest BCUT2D eigenvalue weighted by atomic mass is 10.1. The van der Waals surface area contributed by atoms with Crippen LogP contribution in [0.15, 0.2) is 18.2 Å². The highest BCUT2D eigenvalue weighted by Gasteiger charge is 2.28. The number of hydrogen-bond donors (Lipinski definition) is 1. The summed E-state index contributed by atoms with van der Waals surface area (Å²) in [5.74, 6) is 0.591. The van der Waals surface area contributed by atoms with Crippen molar-refractivity contribution in [2.24, 2.45) is 0 Å². The molecule has 90 valence electrons. The van der Waals surface area contributed by atoms with E-state index in [1.165, 1.54) is 5.56 Å². The number of imidazole rings is 1. The van der Waals surface area contributed by atoms with E-state index in [1.54, 1.807) is 0 Å². The first-order chi connectivity index (χ1) is 8.16. The predicted octanol–water partition coefficient (Wildman–Crippen LogP) is 2.28. The maximum absolute atomic E-state index is 6.04. The molecule has 17 heavy (non-hydrogen) atoms. The Labute approximate surface area is 100 Å². The van der Waals surface area contributed by atoms with Crippen molar-refractivity contribution in [2.45, 2.75) is 32.4 Å². The normalized spacial score (nSPS) is 24.6. The lowest BCUT2D eigenvalue weighted by molar-refractivity contribution is 0.109. The molecule has 1 saturated heterocycles. The van der Waals surface area contributed by atoms with Crippen molar-refractivity contribution in [2.75, 3.05) is 12.3 Å². The maximum atomic E-state index is 6.04. The molecule has 1 aromatic heterocycles. The van der Waals surface area contributed by atoms with E-state index < -0.39 is 0 Å². The van der Waals surface area contributed by atoms with Crippen molar-refractivity contribution >= 4 is 17.0 Å². The minimum atomic E-state index is 0.204. The van der Waals surface area contributed by atoms with Crippen molar-refractivity contribution in [3.05, 3.63) is 23.8 Å². The Balaban J connectivity index is 2.20. The zero-order valence-electron chi connectivity index (χ0n) is 10.2. The van der Waals surface area contributed by atoms with Gasteiger partial charge in [-0.3, -0.25) is 0 Å². The average molecular weight is 231 g/mol. The van der Waals surface area contributed by atoms with Crippen LogP contribution >= 0.6 is 0 Å². The maximum Gasteiger partial charge on any atom is 0.201 e. The highest BCUT2D eigenvalue weighted by Crippen LogP contribution is 2.32. The molecular formula is C13H17N3O. The van der Waals surface area contributed by atoms with E-state index in [-0.39, 0.29) is 6.10 Å². The summed E-state index contributed by atoms with van der Waals surface area (Å²) in [6, 6.07) is 6.54. The van der Waals surface area contributed by atoms with Gasteiger partial charge in [0.25, 0.3) is 0 Å². The number of aryl methyl sites for hydroxylation is 1. The third-order valence-corrected chi connectivity index (χ3v) is 3.54. The van der Waals surface area contributed by atoms with Gasteiger partial charge in [-0.25, -0.2) is 4.98 Å². The molecule has 0 amide bonds. The second-order valence-electron chi connectivity index (χ2n) is 4.76. The van der Waals surface area contributed by atoms with Crippen LogP contribution in [0.3, 0.4) is 0 Å². The van der Waals surface area contributed by atoms with Crippen LogP contribution < -0.4 is 5.73 Å². The molecule has 1 aliphatic rings. The second kappa shape index (κ2) is 3.74. The summed E-state index contributed by atoms with van der Waals surface area (Å²) in [6.07, 6.45) is 1.21. The van der Waals surface area contributed by atoms with Crippen molar-refractivity contribution < 1.29 is 4.74 Å². The molecule has 2 N–H and O–H groups in total. The van der Waals surface area contributed by atoms with Gasteiger partial charge in [0.05, 0.1) is 23.2 Å². The molecule has 2 atom stereocenters. The summed E-state index contributed by atoms with van der Waals surface area (Å²) >= 11 is 0. The van der Waals surface area contributed by atoms with Gasteiger partial charge in [0, 0.05) is 6.61 Å². The Morgan fingerprint density at radius 2 is 2.29 bits per heavy atom. The van der Waals surface area contributed by atoms with E-state index in [0.29, 0.717) is 12.0 Å². The monoisotopic (exact) mass is 231 g/mol. The molecule has 0 bridgehead atoms. The Morgan fingerprint density at radius 3 is 3.00 bits per heavy atom. The SMILES string of the molecule is Cc1ccc2nc(N)n(C3CCOC3C)c2c1. The van der Waals surface area contributed by atoms with Gasteiger partial charge in [-0.05, 0) is 38.0 Å². The lowest BCUT2D eigenvalue weighted by Gasteiger charge is -2.18. The summed E-state index contributed by atoms with van der Waals surface area (Å²) in [5.41, 5.74) is 9.35. The fraction of sp³-hybridized carbons (Fsp3) is 0.462. The molecule has 4 heteroatoms. The first kappa shape index (κ1) is 10.6. The Kier molecular flexibility index (Phi) is 2.33. The minimum Gasteiger partial charge on any atom is -0.376 e. The summed E-state index contributed by atoms with van der Waals surface area (Å²) in [7, 11) is 0. The first-order valence-electron chi connectivity index (χ1n) is 6.02. The number of rotatable bonds is 1. The van der Waals surface area contributed by atoms with Crippen LogP contribution in [0.25, 0.3) is 11.0 Å². The Morgan fingerprint density at radius 1 is 1.47 bits per heavy atom. The minimum absolute atomic E-state index is 0.204. The molecule has 3 rings (SSSR count). The summed E-state index contributed by atoms with van der Waals surface area (Å²) in [6.45, 7) is 4.98. The average Bonchev–Trinajstić information content (AvgIpc) is 2.81.